The van der Waals surface area contributed by atoms with Crippen molar-refractivity contribution in [2.75, 3.05) is 36.4 Å². The number of nitrogens with one attached hydrogen (secondary N) is 3. The number of aromatic nitrogens is 3. The summed E-state index contributed by atoms with van der Waals surface area (Å²) in [7, 11) is 0. The normalized spacial score (nSPS) is 14.1. The molecular weight excluding hydrogens is 431 g/mol. The maximum absolute atomic E-state index is 14.8. The zero-order valence-corrected chi connectivity index (χ0v) is 19.2. The lowest BCUT2D eigenvalue weighted by atomic mass is 9.98. The second-order valence-corrected chi connectivity index (χ2v) is 8.78. The van der Waals surface area contributed by atoms with Gasteiger partial charge < -0.3 is 20.5 Å². The Bertz CT molecular complexity index is 1380. The Morgan fingerprint density at radius 1 is 1.09 bits per heavy atom. The van der Waals surface area contributed by atoms with Crippen LogP contribution in [0.15, 0.2) is 59.7 Å². The van der Waals surface area contributed by atoms with Gasteiger partial charge in [0.25, 0.3) is 5.56 Å². The molecular formula is C26H27FN6O. The average molecular weight is 459 g/mol. The molecule has 1 aliphatic rings. The lowest BCUT2D eigenvalue weighted by molar-refractivity contribution is 0.589. The molecule has 1 aromatic carbocycles. The van der Waals surface area contributed by atoms with Crippen LogP contribution in [0.4, 0.5) is 21.6 Å². The number of pyridine rings is 3. The number of benzene rings is 1. The standard InChI is InChI=1S/C26H27FN6O/c1-16(2)17-3-5-20(27)19(13-17)22-14-23(25-21(31-22)7-8-29-26(25)34)32-24-6-4-18(15-30-24)33-11-9-28-10-12-33/h3-8,13-16,28H,9-12H2,1-2H3,(H,29,34)(H,30,31,32). The van der Waals surface area contributed by atoms with E-state index in [4.69, 9.17) is 0 Å². The summed E-state index contributed by atoms with van der Waals surface area (Å²) in [5, 5.41) is 7.01. The topological polar surface area (TPSA) is 85.9 Å². The summed E-state index contributed by atoms with van der Waals surface area (Å²) in [6, 6.07) is 12.4. The lowest BCUT2D eigenvalue weighted by Gasteiger charge is -2.29. The van der Waals surface area contributed by atoms with E-state index in [-0.39, 0.29) is 17.3 Å². The number of halogens is 1. The summed E-state index contributed by atoms with van der Waals surface area (Å²) < 4.78 is 14.8. The van der Waals surface area contributed by atoms with Crippen molar-refractivity contribution in [3.05, 3.63) is 76.6 Å². The maximum atomic E-state index is 14.8. The van der Waals surface area contributed by atoms with Gasteiger partial charge in [-0.3, -0.25) is 4.79 Å². The Morgan fingerprint density at radius 2 is 1.91 bits per heavy atom. The largest absolute Gasteiger partial charge is 0.368 e. The third-order valence-corrected chi connectivity index (χ3v) is 6.16. The average Bonchev–Trinajstić information content (AvgIpc) is 2.85. The molecule has 174 valence electrons. The number of H-pyrrole nitrogens is 1. The van der Waals surface area contributed by atoms with Crippen molar-refractivity contribution in [1.29, 1.82) is 0 Å². The predicted molar refractivity (Wildman–Crippen MR) is 134 cm³/mol. The highest BCUT2D eigenvalue weighted by molar-refractivity contribution is 5.94. The summed E-state index contributed by atoms with van der Waals surface area (Å²) in [6.07, 6.45) is 3.38. The van der Waals surface area contributed by atoms with Crippen molar-refractivity contribution in [2.45, 2.75) is 19.8 Å². The number of anilines is 3. The molecule has 1 aliphatic heterocycles. The Labute approximate surface area is 197 Å². The van der Waals surface area contributed by atoms with Crippen LogP contribution in [-0.4, -0.2) is 41.1 Å². The van der Waals surface area contributed by atoms with Crippen LogP contribution in [0.3, 0.4) is 0 Å². The number of fused-ring (bicyclic) bond motifs is 1. The van der Waals surface area contributed by atoms with Crippen molar-refractivity contribution in [3.63, 3.8) is 0 Å². The van der Waals surface area contributed by atoms with E-state index in [9.17, 15) is 9.18 Å². The Balaban J connectivity index is 1.55. The molecule has 0 bridgehead atoms. The molecule has 5 rings (SSSR count). The molecule has 7 nitrogen and oxygen atoms in total. The van der Waals surface area contributed by atoms with E-state index >= 15 is 0 Å². The Hall–Kier alpha value is -3.78. The smallest absolute Gasteiger partial charge is 0.259 e. The number of piperazine rings is 1. The molecule has 1 fully saturated rings. The van der Waals surface area contributed by atoms with E-state index in [2.05, 4.69) is 44.3 Å². The van der Waals surface area contributed by atoms with Crippen LogP contribution in [0.1, 0.15) is 25.3 Å². The van der Waals surface area contributed by atoms with Gasteiger partial charge in [-0.15, -0.1) is 0 Å². The van der Waals surface area contributed by atoms with Crippen molar-refractivity contribution in [1.82, 2.24) is 20.3 Å². The zero-order chi connectivity index (χ0) is 23.7. The first-order valence-electron chi connectivity index (χ1n) is 11.5. The van der Waals surface area contributed by atoms with Crippen LogP contribution >= 0.6 is 0 Å². The van der Waals surface area contributed by atoms with Crippen LogP contribution in [0.2, 0.25) is 0 Å². The van der Waals surface area contributed by atoms with Gasteiger partial charge in [-0.05, 0) is 47.9 Å². The second-order valence-electron chi connectivity index (χ2n) is 8.78. The Morgan fingerprint density at radius 3 is 2.65 bits per heavy atom. The van der Waals surface area contributed by atoms with E-state index in [0.29, 0.717) is 33.7 Å². The first-order valence-corrected chi connectivity index (χ1v) is 11.5. The Kier molecular flexibility index (Phi) is 5.98. The van der Waals surface area contributed by atoms with Gasteiger partial charge in [0.15, 0.2) is 0 Å². The highest BCUT2D eigenvalue weighted by Gasteiger charge is 2.16. The van der Waals surface area contributed by atoms with Crippen molar-refractivity contribution in [3.8, 4) is 11.3 Å². The fourth-order valence-corrected chi connectivity index (χ4v) is 4.24. The van der Waals surface area contributed by atoms with Gasteiger partial charge in [-0.2, -0.15) is 0 Å². The third kappa shape index (κ3) is 4.36. The maximum Gasteiger partial charge on any atom is 0.259 e. The third-order valence-electron chi connectivity index (χ3n) is 6.16. The molecule has 3 aromatic heterocycles. The highest BCUT2D eigenvalue weighted by atomic mass is 19.1. The fraction of sp³-hybridized carbons (Fsp3) is 0.269. The number of rotatable bonds is 5. The van der Waals surface area contributed by atoms with Crippen LogP contribution in [0.25, 0.3) is 22.2 Å². The van der Waals surface area contributed by atoms with Crippen LogP contribution in [0, 0.1) is 5.82 Å². The zero-order valence-electron chi connectivity index (χ0n) is 19.2. The molecule has 34 heavy (non-hydrogen) atoms. The number of hydrogen-bond acceptors (Lipinski definition) is 6. The number of aromatic amines is 1. The summed E-state index contributed by atoms with van der Waals surface area (Å²) in [6.45, 7) is 7.89. The number of nitrogens with zero attached hydrogens (tertiary/aromatic N) is 3. The summed E-state index contributed by atoms with van der Waals surface area (Å²) in [5.74, 6) is 0.487. The van der Waals surface area contributed by atoms with Gasteiger partial charge >= 0.3 is 0 Å². The minimum Gasteiger partial charge on any atom is -0.368 e. The van der Waals surface area contributed by atoms with Gasteiger partial charge in [0.05, 0.1) is 34.2 Å². The van der Waals surface area contributed by atoms with E-state index in [1.165, 1.54) is 6.07 Å². The summed E-state index contributed by atoms with van der Waals surface area (Å²) in [5.41, 5.74) is 3.67. The molecule has 1 saturated heterocycles. The first kappa shape index (κ1) is 22.0. The molecule has 0 saturated carbocycles. The molecule has 0 amide bonds. The van der Waals surface area contributed by atoms with Crippen LogP contribution < -0.4 is 21.1 Å². The molecule has 0 aliphatic carbocycles. The van der Waals surface area contributed by atoms with E-state index in [1.807, 2.05) is 24.4 Å². The van der Waals surface area contributed by atoms with Crippen LogP contribution in [-0.2, 0) is 0 Å². The van der Waals surface area contributed by atoms with Crippen molar-refractivity contribution < 1.29 is 4.39 Å². The molecule has 0 radical (unpaired) electrons. The van der Waals surface area contributed by atoms with Gasteiger partial charge in [0.2, 0.25) is 0 Å². The molecule has 4 aromatic rings. The molecule has 3 N–H and O–H groups in total. The summed E-state index contributed by atoms with van der Waals surface area (Å²) >= 11 is 0. The SMILES string of the molecule is CC(C)c1ccc(F)c(-c2cc(Nc3ccc(N4CCNCC4)cn3)c3c(=O)[nH]ccc3n2)c1. The molecule has 4 heterocycles. The molecule has 0 atom stereocenters. The van der Waals surface area contributed by atoms with E-state index in [1.54, 1.807) is 24.4 Å². The van der Waals surface area contributed by atoms with Crippen LogP contribution in [0.5, 0.6) is 0 Å². The van der Waals surface area contributed by atoms with Gasteiger partial charge in [-0.1, -0.05) is 19.9 Å². The molecule has 0 spiro atoms. The number of hydrogen-bond donors (Lipinski definition) is 3. The van der Waals surface area contributed by atoms with E-state index in [0.717, 1.165) is 37.4 Å². The van der Waals surface area contributed by atoms with Gasteiger partial charge in [0.1, 0.15) is 11.6 Å². The van der Waals surface area contributed by atoms with Gasteiger partial charge in [-0.25, -0.2) is 14.4 Å². The van der Waals surface area contributed by atoms with Gasteiger partial charge in [0, 0.05) is 37.9 Å². The quantitative estimate of drug-likeness (QED) is 0.411. The molecule has 8 heteroatoms. The monoisotopic (exact) mass is 458 g/mol. The lowest BCUT2D eigenvalue weighted by Crippen LogP contribution is -2.43. The van der Waals surface area contributed by atoms with Crippen molar-refractivity contribution in [2.24, 2.45) is 0 Å². The summed E-state index contributed by atoms with van der Waals surface area (Å²) in [4.78, 5) is 26.8. The predicted octanol–water partition coefficient (Wildman–Crippen LogP) is 4.40. The van der Waals surface area contributed by atoms with E-state index < -0.39 is 0 Å². The minimum atomic E-state index is -0.356. The first-order chi connectivity index (χ1) is 16.5. The minimum absolute atomic E-state index is 0.249. The second kappa shape index (κ2) is 9.23. The van der Waals surface area contributed by atoms with Crippen molar-refractivity contribution >= 4 is 28.1 Å². The fourth-order valence-electron chi connectivity index (χ4n) is 4.24. The highest BCUT2D eigenvalue weighted by Crippen LogP contribution is 2.31. The molecule has 0 unspecified atom stereocenters.